The van der Waals surface area contributed by atoms with E-state index < -0.39 is 0 Å². The fraction of sp³-hybridized carbons (Fsp3) is 0.571. The minimum atomic E-state index is 0.172. The van der Waals surface area contributed by atoms with Crippen LogP contribution >= 0.6 is 0 Å². The van der Waals surface area contributed by atoms with Crippen LogP contribution in [0.5, 0.6) is 0 Å². The SMILES string of the molecule is NC1(CN2CCC(c3ccccc3)C2)CC1. The van der Waals surface area contributed by atoms with Crippen LogP contribution < -0.4 is 5.73 Å². The zero-order chi connectivity index (χ0) is 11.0. The molecule has 0 bridgehead atoms. The monoisotopic (exact) mass is 216 g/mol. The fourth-order valence-electron chi connectivity index (χ4n) is 2.74. The maximum absolute atomic E-state index is 6.17. The van der Waals surface area contributed by atoms with Crippen molar-refractivity contribution in [2.75, 3.05) is 19.6 Å². The Morgan fingerprint density at radius 2 is 2.00 bits per heavy atom. The van der Waals surface area contributed by atoms with Crippen molar-refractivity contribution in [1.82, 2.24) is 4.90 Å². The molecule has 2 N–H and O–H groups in total. The number of hydrogen-bond acceptors (Lipinski definition) is 2. The molecular formula is C14H20N2. The quantitative estimate of drug-likeness (QED) is 0.837. The Labute approximate surface area is 97.4 Å². The Hall–Kier alpha value is -0.860. The van der Waals surface area contributed by atoms with Crippen molar-refractivity contribution in [2.45, 2.75) is 30.7 Å². The molecule has 16 heavy (non-hydrogen) atoms. The van der Waals surface area contributed by atoms with E-state index in [1.54, 1.807) is 0 Å². The summed E-state index contributed by atoms with van der Waals surface area (Å²) < 4.78 is 0. The molecule has 3 rings (SSSR count). The van der Waals surface area contributed by atoms with Crippen LogP contribution in [-0.4, -0.2) is 30.1 Å². The first-order chi connectivity index (χ1) is 7.75. The van der Waals surface area contributed by atoms with E-state index in [9.17, 15) is 0 Å². The van der Waals surface area contributed by atoms with Gasteiger partial charge in [0, 0.05) is 18.6 Å². The third-order valence-electron chi connectivity index (χ3n) is 3.97. The van der Waals surface area contributed by atoms with Crippen LogP contribution in [0.4, 0.5) is 0 Å². The molecular weight excluding hydrogens is 196 g/mol. The standard InChI is InChI=1S/C14H20N2/c15-14(7-8-14)11-16-9-6-13(10-16)12-4-2-1-3-5-12/h1-5,13H,6-11,15H2. The zero-order valence-corrected chi connectivity index (χ0v) is 9.73. The van der Waals surface area contributed by atoms with Gasteiger partial charge >= 0.3 is 0 Å². The van der Waals surface area contributed by atoms with Gasteiger partial charge in [0.05, 0.1) is 0 Å². The molecule has 86 valence electrons. The van der Waals surface area contributed by atoms with Crippen LogP contribution in [0.15, 0.2) is 30.3 Å². The van der Waals surface area contributed by atoms with E-state index in [4.69, 9.17) is 5.73 Å². The molecule has 2 nitrogen and oxygen atoms in total. The van der Waals surface area contributed by atoms with Crippen LogP contribution in [0.2, 0.25) is 0 Å². The van der Waals surface area contributed by atoms with Crippen LogP contribution in [0.3, 0.4) is 0 Å². The summed E-state index contributed by atoms with van der Waals surface area (Å²) in [5.41, 5.74) is 7.83. The second-order valence-corrected chi connectivity index (χ2v) is 5.49. The average molecular weight is 216 g/mol. The average Bonchev–Trinajstić information content (AvgIpc) is 2.86. The largest absolute Gasteiger partial charge is 0.324 e. The predicted molar refractivity (Wildman–Crippen MR) is 66.4 cm³/mol. The van der Waals surface area contributed by atoms with Gasteiger partial charge in [-0.25, -0.2) is 0 Å². The minimum Gasteiger partial charge on any atom is -0.324 e. The summed E-state index contributed by atoms with van der Waals surface area (Å²) in [7, 11) is 0. The summed E-state index contributed by atoms with van der Waals surface area (Å²) in [6.07, 6.45) is 3.74. The number of nitrogens with zero attached hydrogens (tertiary/aromatic N) is 1. The van der Waals surface area contributed by atoms with Gasteiger partial charge in [0.2, 0.25) is 0 Å². The highest BCUT2D eigenvalue weighted by Gasteiger charge is 2.41. The van der Waals surface area contributed by atoms with E-state index in [0.717, 1.165) is 12.5 Å². The van der Waals surface area contributed by atoms with Crippen LogP contribution in [-0.2, 0) is 0 Å². The first kappa shape index (κ1) is 10.3. The van der Waals surface area contributed by atoms with Gasteiger partial charge in [0.1, 0.15) is 0 Å². The maximum atomic E-state index is 6.17. The van der Waals surface area contributed by atoms with Gasteiger partial charge in [-0.15, -0.1) is 0 Å². The lowest BCUT2D eigenvalue weighted by Crippen LogP contribution is -2.38. The molecule has 2 fully saturated rings. The van der Waals surface area contributed by atoms with Crippen molar-refractivity contribution in [3.63, 3.8) is 0 Å². The maximum Gasteiger partial charge on any atom is 0.0284 e. The molecule has 0 aromatic heterocycles. The van der Waals surface area contributed by atoms with Crippen molar-refractivity contribution >= 4 is 0 Å². The summed E-state index contributed by atoms with van der Waals surface area (Å²) in [5, 5.41) is 0. The molecule has 1 aromatic carbocycles. The third kappa shape index (κ3) is 2.13. The second kappa shape index (κ2) is 3.86. The first-order valence-corrected chi connectivity index (χ1v) is 6.31. The third-order valence-corrected chi connectivity index (χ3v) is 3.97. The summed E-state index contributed by atoms with van der Waals surface area (Å²) in [4.78, 5) is 2.55. The molecule has 2 aliphatic rings. The summed E-state index contributed by atoms with van der Waals surface area (Å²) in [6, 6.07) is 10.9. The predicted octanol–water partition coefficient (Wildman–Crippen LogP) is 1.97. The minimum absolute atomic E-state index is 0.172. The van der Waals surface area contributed by atoms with Crippen LogP contribution in [0.25, 0.3) is 0 Å². The van der Waals surface area contributed by atoms with Gasteiger partial charge < -0.3 is 10.6 Å². The number of nitrogens with two attached hydrogens (primary N) is 1. The number of likely N-dealkylation sites (tertiary alicyclic amines) is 1. The Kier molecular flexibility index (Phi) is 2.49. The summed E-state index contributed by atoms with van der Waals surface area (Å²) >= 11 is 0. The van der Waals surface area contributed by atoms with Crippen LogP contribution in [0, 0.1) is 0 Å². The fourth-order valence-corrected chi connectivity index (χ4v) is 2.74. The first-order valence-electron chi connectivity index (χ1n) is 6.31. The van der Waals surface area contributed by atoms with Crippen molar-refractivity contribution in [1.29, 1.82) is 0 Å². The second-order valence-electron chi connectivity index (χ2n) is 5.49. The van der Waals surface area contributed by atoms with Gasteiger partial charge in [-0.1, -0.05) is 30.3 Å². The Bertz CT molecular complexity index is 356. The van der Waals surface area contributed by atoms with Gasteiger partial charge in [-0.2, -0.15) is 0 Å². The van der Waals surface area contributed by atoms with E-state index in [1.807, 2.05) is 0 Å². The summed E-state index contributed by atoms with van der Waals surface area (Å²) in [5.74, 6) is 0.726. The lowest BCUT2D eigenvalue weighted by atomic mass is 9.99. The summed E-state index contributed by atoms with van der Waals surface area (Å²) in [6.45, 7) is 3.53. The highest BCUT2D eigenvalue weighted by Crippen LogP contribution is 2.35. The molecule has 0 spiro atoms. The van der Waals surface area contributed by atoms with Crippen molar-refractivity contribution in [3.05, 3.63) is 35.9 Å². The van der Waals surface area contributed by atoms with Crippen LogP contribution in [0.1, 0.15) is 30.7 Å². The van der Waals surface area contributed by atoms with E-state index in [0.29, 0.717) is 0 Å². The molecule has 1 aliphatic heterocycles. The van der Waals surface area contributed by atoms with E-state index in [2.05, 4.69) is 35.2 Å². The molecule has 1 saturated carbocycles. The molecule has 0 radical (unpaired) electrons. The Morgan fingerprint density at radius 1 is 1.25 bits per heavy atom. The van der Waals surface area contributed by atoms with Gasteiger partial charge in [-0.3, -0.25) is 0 Å². The molecule has 1 unspecified atom stereocenters. The van der Waals surface area contributed by atoms with Gasteiger partial charge in [0.15, 0.2) is 0 Å². The lowest BCUT2D eigenvalue weighted by molar-refractivity contribution is 0.302. The van der Waals surface area contributed by atoms with E-state index in [-0.39, 0.29) is 5.54 Å². The molecule has 1 aromatic rings. The number of rotatable bonds is 3. The number of benzene rings is 1. The normalized spacial score (nSPS) is 28.2. The van der Waals surface area contributed by atoms with Gasteiger partial charge in [-0.05, 0) is 37.3 Å². The van der Waals surface area contributed by atoms with Crippen molar-refractivity contribution in [2.24, 2.45) is 5.73 Å². The van der Waals surface area contributed by atoms with E-state index in [1.165, 1.54) is 37.9 Å². The molecule has 0 amide bonds. The Balaban J connectivity index is 1.60. The van der Waals surface area contributed by atoms with Crippen molar-refractivity contribution < 1.29 is 0 Å². The molecule has 1 saturated heterocycles. The Morgan fingerprint density at radius 3 is 2.69 bits per heavy atom. The van der Waals surface area contributed by atoms with Gasteiger partial charge in [0.25, 0.3) is 0 Å². The zero-order valence-electron chi connectivity index (χ0n) is 9.73. The van der Waals surface area contributed by atoms with Crippen molar-refractivity contribution in [3.8, 4) is 0 Å². The smallest absolute Gasteiger partial charge is 0.0284 e. The molecule has 1 heterocycles. The number of hydrogen-bond donors (Lipinski definition) is 1. The lowest BCUT2D eigenvalue weighted by Gasteiger charge is -2.20. The topological polar surface area (TPSA) is 29.3 Å². The van der Waals surface area contributed by atoms with E-state index >= 15 is 0 Å². The molecule has 1 atom stereocenters. The molecule has 1 aliphatic carbocycles. The molecule has 2 heteroatoms. The highest BCUT2D eigenvalue weighted by atomic mass is 15.2. The highest BCUT2D eigenvalue weighted by molar-refractivity contribution is 5.21.